The molecule has 0 amide bonds. The molecule has 0 bridgehead atoms. The zero-order chi connectivity index (χ0) is 25.9. The van der Waals surface area contributed by atoms with Crippen molar-refractivity contribution in [3.63, 3.8) is 0 Å². The standard InChI is InChI=1S/C27H20O2.C6H10O3/c28-20-13-9-18(10-14-20)17-26-22-5-1-3-7-24(22)27(19-11-15-21(29)16-12-19)25-8-4-2-6-23(25)26;1(5-3-8-5)7-2-6-4-9-6/h1-16,28-29H,17H2;5-6H,1-4H2. The lowest BCUT2D eigenvalue weighted by atomic mass is 9.86. The van der Waals surface area contributed by atoms with Gasteiger partial charge in [0.05, 0.1) is 26.4 Å². The summed E-state index contributed by atoms with van der Waals surface area (Å²) in [4.78, 5) is 0. The normalized spacial score (nSPS) is 17.7. The molecule has 5 aromatic carbocycles. The second kappa shape index (κ2) is 10.8. The van der Waals surface area contributed by atoms with Crippen LogP contribution in [-0.2, 0) is 20.6 Å². The summed E-state index contributed by atoms with van der Waals surface area (Å²) in [7, 11) is 0. The molecule has 0 saturated carbocycles. The first-order valence-corrected chi connectivity index (χ1v) is 13.0. The molecule has 2 unspecified atom stereocenters. The Morgan fingerprint density at radius 1 is 0.605 bits per heavy atom. The molecule has 0 aliphatic carbocycles. The Kier molecular flexibility index (Phi) is 6.97. The zero-order valence-corrected chi connectivity index (χ0v) is 21.0. The van der Waals surface area contributed by atoms with Gasteiger partial charge in [0, 0.05) is 0 Å². The van der Waals surface area contributed by atoms with Crippen LogP contribution in [0.3, 0.4) is 0 Å². The molecule has 2 fully saturated rings. The van der Waals surface area contributed by atoms with E-state index in [1.807, 2.05) is 24.3 Å². The molecule has 0 aromatic heterocycles. The lowest BCUT2D eigenvalue weighted by molar-refractivity contribution is 0.102. The van der Waals surface area contributed by atoms with Crippen LogP contribution in [0.25, 0.3) is 32.7 Å². The highest BCUT2D eigenvalue weighted by Crippen LogP contribution is 2.40. The number of epoxide rings is 2. The highest BCUT2D eigenvalue weighted by molar-refractivity contribution is 6.15. The lowest BCUT2D eigenvalue weighted by Gasteiger charge is -2.17. The Balaban J connectivity index is 0.000000246. The minimum atomic E-state index is 0.270. The maximum Gasteiger partial charge on any atom is 0.115 e. The van der Waals surface area contributed by atoms with E-state index in [4.69, 9.17) is 14.2 Å². The van der Waals surface area contributed by atoms with Gasteiger partial charge in [0.2, 0.25) is 0 Å². The number of rotatable bonds is 7. The van der Waals surface area contributed by atoms with Crippen LogP contribution in [0.5, 0.6) is 11.5 Å². The summed E-state index contributed by atoms with van der Waals surface area (Å²) in [5.41, 5.74) is 4.72. The molecule has 0 radical (unpaired) electrons. The van der Waals surface area contributed by atoms with E-state index in [1.54, 1.807) is 24.3 Å². The Morgan fingerprint density at radius 3 is 1.53 bits per heavy atom. The third-order valence-electron chi connectivity index (χ3n) is 6.93. The predicted molar refractivity (Wildman–Crippen MR) is 150 cm³/mol. The van der Waals surface area contributed by atoms with Gasteiger partial charge in [0.25, 0.3) is 0 Å². The van der Waals surface area contributed by atoms with E-state index < -0.39 is 0 Å². The van der Waals surface area contributed by atoms with E-state index in [1.165, 1.54) is 32.7 Å². The van der Waals surface area contributed by atoms with Crippen LogP contribution in [0.2, 0.25) is 0 Å². The van der Waals surface area contributed by atoms with Crippen LogP contribution in [-0.4, -0.2) is 48.8 Å². The zero-order valence-electron chi connectivity index (χ0n) is 21.0. The van der Waals surface area contributed by atoms with Gasteiger partial charge in [0.1, 0.15) is 23.7 Å². The molecular formula is C33H30O5. The van der Waals surface area contributed by atoms with Crippen molar-refractivity contribution in [2.75, 3.05) is 26.4 Å². The minimum absolute atomic E-state index is 0.270. The highest BCUT2D eigenvalue weighted by Gasteiger charge is 2.26. The van der Waals surface area contributed by atoms with E-state index in [0.29, 0.717) is 12.2 Å². The molecule has 2 atom stereocenters. The van der Waals surface area contributed by atoms with E-state index in [0.717, 1.165) is 44.0 Å². The fourth-order valence-corrected chi connectivity index (χ4v) is 4.83. The number of phenols is 2. The molecule has 2 saturated heterocycles. The van der Waals surface area contributed by atoms with E-state index in [9.17, 15) is 10.2 Å². The summed E-state index contributed by atoms with van der Waals surface area (Å²) in [6.07, 6.45) is 1.57. The molecule has 2 aliphatic rings. The number of benzene rings is 5. The molecule has 7 rings (SSSR count). The Labute approximate surface area is 221 Å². The van der Waals surface area contributed by atoms with Gasteiger partial charge in [-0.25, -0.2) is 0 Å². The summed E-state index contributed by atoms with van der Waals surface area (Å²) in [5.74, 6) is 0.553. The number of hydrogen-bond donors (Lipinski definition) is 2. The van der Waals surface area contributed by atoms with Crippen molar-refractivity contribution in [3.05, 3.63) is 108 Å². The summed E-state index contributed by atoms with van der Waals surface area (Å²) in [6, 6.07) is 31.9. The second-order valence-electron chi connectivity index (χ2n) is 9.78. The number of hydrogen-bond acceptors (Lipinski definition) is 5. The number of ether oxygens (including phenoxy) is 3. The van der Waals surface area contributed by atoms with E-state index in [-0.39, 0.29) is 11.5 Å². The van der Waals surface area contributed by atoms with Crippen molar-refractivity contribution in [2.24, 2.45) is 0 Å². The fourth-order valence-electron chi connectivity index (χ4n) is 4.83. The lowest BCUT2D eigenvalue weighted by Crippen LogP contribution is -2.06. The topological polar surface area (TPSA) is 74.8 Å². The molecule has 0 spiro atoms. The van der Waals surface area contributed by atoms with Crippen LogP contribution in [0.4, 0.5) is 0 Å². The van der Waals surface area contributed by atoms with Crippen LogP contribution >= 0.6 is 0 Å². The third kappa shape index (κ3) is 5.65. The predicted octanol–water partition coefficient (Wildman–Crippen LogP) is 6.46. The monoisotopic (exact) mass is 506 g/mol. The van der Waals surface area contributed by atoms with Gasteiger partial charge in [-0.05, 0) is 74.5 Å². The molecular weight excluding hydrogens is 476 g/mol. The molecule has 5 heteroatoms. The van der Waals surface area contributed by atoms with Gasteiger partial charge >= 0.3 is 0 Å². The SMILES string of the molecule is C(OCC1CO1)C1CO1.Oc1ccc(Cc2c3ccccc3c(-c3ccc(O)cc3)c3ccccc23)cc1. The van der Waals surface area contributed by atoms with E-state index in [2.05, 4.69) is 48.5 Å². The van der Waals surface area contributed by atoms with E-state index >= 15 is 0 Å². The minimum Gasteiger partial charge on any atom is -0.508 e. The first-order valence-electron chi connectivity index (χ1n) is 13.0. The average Bonchev–Trinajstić information content (AvgIpc) is 3.88. The molecule has 2 N–H and O–H groups in total. The highest BCUT2D eigenvalue weighted by atomic mass is 16.6. The van der Waals surface area contributed by atoms with Crippen molar-refractivity contribution in [1.29, 1.82) is 0 Å². The molecule has 2 aliphatic heterocycles. The molecule has 5 aromatic rings. The quantitative estimate of drug-likeness (QED) is 0.196. The van der Waals surface area contributed by atoms with Gasteiger partial charge in [0.15, 0.2) is 0 Å². The Morgan fingerprint density at radius 2 is 1.05 bits per heavy atom. The Hall–Kier alpha value is -3.90. The van der Waals surface area contributed by atoms with Gasteiger partial charge in [-0.15, -0.1) is 0 Å². The number of aromatic hydroxyl groups is 2. The number of phenolic OH excluding ortho intramolecular Hbond substituents is 2. The Bertz CT molecular complexity index is 1470. The molecule has 2 heterocycles. The maximum absolute atomic E-state index is 9.74. The number of fused-ring (bicyclic) bond motifs is 2. The van der Waals surface area contributed by atoms with Crippen molar-refractivity contribution in [1.82, 2.24) is 0 Å². The summed E-state index contributed by atoms with van der Waals surface area (Å²) in [5, 5.41) is 24.2. The van der Waals surface area contributed by atoms with Crippen molar-refractivity contribution in [2.45, 2.75) is 18.6 Å². The van der Waals surface area contributed by atoms with Crippen molar-refractivity contribution < 1.29 is 24.4 Å². The fraction of sp³-hybridized carbons (Fsp3) is 0.212. The largest absolute Gasteiger partial charge is 0.508 e. The molecule has 192 valence electrons. The maximum atomic E-state index is 9.74. The van der Waals surface area contributed by atoms with Crippen LogP contribution in [0.1, 0.15) is 11.1 Å². The average molecular weight is 507 g/mol. The third-order valence-corrected chi connectivity index (χ3v) is 6.93. The van der Waals surface area contributed by atoms with Crippen molar-refractivity contribution in [3.8, 4) is 22.6 Å². The van der Waals surface area contributed by atoms with Crippen LogP contribution < -0.4 is 0 Å². The first kappa shape index (κ1) is 24.4. The van der Waals surface area contributed by atoms with Gasteiger partial charge in [-0.2, -0.15) is 0 Å². The summed E-state index contributed by atoms with van der Waals surface area (Å²) < 4.78 is 15.1. The van der Waals surface area contributed by atoms with Gasteiger partial charge < -0.3 is 24.4 Å². The first-order chi connectivity index (χ1) is 18.7. The second-order valence-corrected chi connectivity index (χ2v) is 9.78. The van der Waals surface area contributed by atoms with Crippen LogP contribution in [0, 0.1) is 0 Å². The molecule has 38 heavy (non-hydrogen) atoms. The summed E-state index contributed by atoms with van der Waals surface area (Å²) in [6.45, 7) is 3.26. The smallest absolute Gasteiger partial charge is 0.115 e. The van der Waals surface area contributed by atoms with Gasteiger partial charge in [-0.1, -0.05) is 72.8 Å². The summed E-state index contributed by atoms with van der Waals surface area (Å²) >= 11 is 0. The van der Waals surface area contributed by atoms with Gasteiger partial charge in [-0.3, -0.25) is 0 Å². The van der Waals surface area contributed by atoms with Crippen LogP contribution in [0.15, 0.2) is 97.1 Å². The van der Waals surface area contributed by atoms with Crippen molar-refractivity contribution >= 4 is 21.5 Å². The molecule has 5 nitrogen and oxygen atoms in total.